The fraction of sp³-hybridized carbons (Fsp3) is 0.300. The van der Waals surface area contributed by atoms with Gasteiger partial charge in [-0.05, 0) is 39.0 Å². The zero-order chi connectivity index (χ0) is 23.8. The molecule has 3 heterocycles. The highest BCUT2D eigenvalue weighted by Gasteiger charge is 2.35. The van der Waals surface area contributed by atoms with Crippen LogP contribution in [0.1, 0.15) is 48.1 Å². The number of carbonyl (C=O) groups excluding carboxylic acids is 2. The Morgan fingerprint density at radius 3 is 2.31 bits per heavy atom. The molecule has 12 heteroatoms. The zero-order valence-electron chi connectivity index (χ0n) is 17.1. The normalized spacial score (nSPS) is 12.1. The van der Waals surface area contributed by atoms with E-state index in [9.17, 15) is 22.8 Å². The molecule has 0 bridgehead atoms. The second kappa shape index (κ2) is 8.59. The van der Waals surface area contributed by atoms with E-state index in [1.54, 1.807) is 20.8 Å². The Balaban J connectivity index is 2.06. The number of alkyl halides is 3. The Morgan fingerprint density at radius 1 is 1.12 bits per heavy atom. The van der Waals surface area contributed by atoms with Gasteiger partial charge in [-0.25, -0.2) is 9.31 Å². The van der Waals surface area contributed by atoms with Gasteiger partial charge in [-0.15, -0.1) is 0 Å². The van der Waals surface area contributed by atoms with Gasteiger partial charge in [0.15, 0.2) is 11.5 Å². The SMILES string of the molecule is CC(C)(C)OC(=O)NCc1ccc(C(=O)c2c(Cl)cncc2Cl)c2cc(C(F)(F)F)nn12. The topological polar surface area (TPSA) is 85.6 Å². The van der Waals surface area contributed by atoms with Crippen LogP contribution in [0.4, 0.5) is 18.0 Å². The molecule has 1 N–H and O–H groups in total. The largest absolute Gasteiger partial charge is 0.444 e. The van der Waals surface area contributed by atoms with E-state index in [-0.39, 0.29) is 38.9 Å². The molecule has 3 rings (SSSR count). The van der Waals surface area contributed by atoms with Crippen LogP contribution in [0.25, 0.3) is 5.52 Å². The third-order valence-electron chi connectivity index (χ3n) is 4.13. The predicted molar refractivity (Wildman–Crippen MR) is 111 cm³/mol. The highest BCUT2D eigenvalue weighted by Crippen LogP contribution is 2.32. The van der Waals surface area contributed by atoms with Crippen LogP contribution in [0.2, 0.25) is 10.0 Å². The molecule has 0 aromatic carbocycles. The van der Waals surface area contributed by atoms with Gasteiger partial charge >= 0.3 is 12.3 Å². The predicted octanol–water partition coefficient (Wildman–Crippen LogP) is 5.31. The highest BCUT2D eigenvalue weighted by molar-refractivity contribution is 6.41. The summed E-state index contributed by atoms with van der Waals surface area (Å²) in [4.78, 5) is 28.8. The summed E-state index contributed by atoms with van der Waals surface area (Å²) in [6, 6.07) is 3.43. The maximum absolute atomic E-state index is 13.3. The Hall–Kier alpha value is -2.85. The van der Waals surface area contributed by atoms with E-state index in [4.69, 9.17) is 27.9 Å². The number of pyridine rings is 2. The van der Waals surface area contributed by atoms with Crippen molar-refractivity contribution in [2.24, 2.45) is 0 Å². The molecule has 0 saturated carbocycles. The Kier molecular flexibility index (Phi) is 6.39. The van der Waals surface area contributed by atoms with Crippen LogP contribution in [-0.2, 0) is 17.5 Å². The fourth-order valence-corrected chi connectivity index (χ4v) is 3.37. The number of hydrogen-bond acceptors (Lipinski definition) is 5. The quantitative estimate of drug-likeness (QED) is 0.502. The standard InChI is InChI=1S/C20H17Cl2F3N4O3/c1-19(2,3)32-18(31)27-7-10-4-5-11(14-6-15(20(23,24)25)28-29(10)14)17(30)16-12(21)8-26-9-13(16)22/h4-6,8-9H,7H2,1-3H3,(H,27,31). The molecule has 0 fully saturated rings. The van der Waals surface area contributed by atoms with Crippen molar-refractivity contribution < 1.29 is 27.5 Å². The molecule has 3 aromatic heterocycles. The van der Waals surface area contributed by atoms with Crippen molar-refractivity contribution in [3.8, 4) is 0 Å². The van der Waals surface area contributed by atoms with Crippen molar-refractivity contribution >= 4 is 40.6 Å². The van der Waals surface area contributed by atoms with Crippen molar-refractivity contribution in [3.05, 3.63) is 63.2 Å². The van der Waals surface area contributed by atoms with E-state index < -0.39 is 29.3 Å². The number of halogens is 5. The minimum atomic E-state index is -4.76. The first kappa shape index (κ1) is 23.8. The number of aromatic nitrogens is 3. The van der Waals surface area contributed by atoms with Crippen LogP contribution < -0.4 is 5.32 Å². The molecule has 1 amide bonds. The minimum absolute atomic E-state index is 0.0492. The van der Waals surface area contributed by atoms with Gasteiger partial charge in [-0.2, -0.15) is 18.3 Å². The molecule has 0 atom stereocenters. The van der Waals surface area contributed by atoms with Gasteiger partial charge in [0.2, 0.25) is 0 Å². The Bertz CT molecular complexity index is 1180. The first-order valence-electron chi connectivity index (χ1n) is 9.17. The summed E-state index contributed by atoms with van der Waals surface area (Å²) >= 11 is 12.1. The molecular formula is C20H17Cl2F3N4O3. The van der Waals surface area contributed by atoms with E-state index in [0.717, 1.165) is 10.6 Å². The smallest absolute Gasteiger partial charge is 0.435 e. The third kappa shape index (κ3) is 5.13. The summed E-state index contributed by atoms with van der Waals surface area (Å²) < 4.78 is 46.1. The molecule has 32 heavy (non-hydrogen) atoms. The number of nitrogens with one attached hydrogen (secondary N) is 1. The van der Waals surface area contributed by atoms with Crippen molar-refractivity contribution in [1.82, 2.24) is 19.9 Å². The molecule has 3 aromatic rings. The van der Waals surface area contributed by atoms with Crippen LogP contribution in [0.3, 0.4) is 0 Å². The lowest BCUT2D eigenvalue weighted by Gasteiger charge is -2.19. The van der Waals surface area contributed by atoms with Gasteiger partial charge in [-0.3, -0.25) is 9.78 Å². The molecule has 0 saturated heterocycles. The summed E-state index contributed by atoms with van der Waals surface area (Å²) in [6.07, 6.45) is -3.11. The lowest BCUT2D eigenvalue weighted by molar-refractivity contribution is -0.141. The maximum Gasteiger partial charge on any atom is 0.435 e. The maximum atomic E-state index is 13.3. The van der Waals surface area contributed by atoms with Crippen molar-refractivity contribution in [1.29, 1.82) is 0 Å². The summed E-state index contributed by atoms with van der Waals surface area (Å²) in [7, 11) is 0. The highest BCUT2D eigenvalue weighted by atomic mass is 35.5. The molecule has 0 unspecified atom stereocenters. The fourth-order valence-electron chi connectivity index (χ4n) is 2.83. The molecule has 0 aliphatic rings. The number of ketones is 1. The number of hydrogen-bond donors (Lipinski definition) is 1. The lowest BCUT2D eigenvalue weighted by atomic mass is 10.0. The molecule has 170 valence electrons. The van der Waals surface area contributed by atoms with Gasteiger partial charge in [0.1, 0.15) is 5.60 Å². The van der Waals surface area contributed by atoms with Gasteiger partial charge in [0, 0.05) is 18.0 Å². The van der Waals surface area contributed by atoms with Gasteiger partial charge in [-0.1, -0.05) is 23.2 Å². The first-order chi connectivity index (χ1) is 14.8. The van der Waals surface area contributed by atoms with Crippen LogP contribution in [-0.4, -0.2) is 32.1 Å². The van der Waals surface area contributed by atoms with Gasteiger partial charge in [0.05, 0.1) is 33.4 Å². The number of nitrogens with zero attached hydrogens (tertiary/aromatic N) is 3. The third-order valence-corrected chi connectivity index (χ3v) is 4.70. The number of rotatable bonds is 4. The molecule has 0 aliphatic heterocycles. The lowest BCUT2D eigenvalue weighted by Crippen LogP contribution is -2.32. The van der Waals surface area contributed by atoms with E-state index >= 15 is 0 Å². The van der Waals surface area contributed by atoms with E-state index in [1.165, 1.54) is 24.5 Å². The van der Waals surface area contributed by atoms with Gasteiger partial charge in [0.25, 0.3) is 0 Å². The summed E-state index contributed by atoms with van der Waals surface area (Å²) in [5.41, 5.74) is -2.11. The van der Waals surface area contributed by atoms with Crippen molar-refractivity contribution in [3.63, 3.8) is 0 Å². The second-order valence-corrected chi connectivity index (χ2v) is 8.54. The number of alkyl carbamates (subject to hydrolysis) is 1. The van der Waals surface area contributed by atoms with Gasteiger partial charge < -0.3 is 10.1 Å². The van der Waals surface area contributed by atoms with Crippen LogP contribution >= 0.6 is 23.2 Å². The summed E-state index contributed by atoms with van der Waals surface area (Å²) in [5, 5.41) is 5.94. The second-order valence-electron chi connectivity index (χ2n) is 7.73. The Morgan fingerprint density at radius 2 is 1.75 bits per heavy atom. The zero-order valence-corrected chi connectivity index (χ0v) is 18.6. The van der Waals surface area contributed by atoms with Crippen molar-refractivity contribution in [2.75, 3.05) is 0 Å². The summed E-state index contributed by atoms with van der Waals surface area (Å²) in [5.74, 6) is -0.701. The van der Waals surface area contributed by atoms with E-state index in [2.05, 4.69) is 15.4 Å². The molecule has 0 radical (unpaired) electrons. The number of fused-ring (bicyclic) bond motifs is 1. The average molecular weight is 489 g/mol. The molecule has 7 nitrogen and oxygen atoms in total. The Labute approximate surface area is 190 Å². The number of ether oxygens (including phenoxy) is 1. The monoisotopic (exact) mass is 488 g/mol. The van der Waals surface area contributed by atoms with E-state index in [1.807, 2.05) is 0 Å². The average Bonchev–Trinajstić information content (AvgIpc) is 3.10. The summed E-state index contributed by atoms with van der Waals surface area (Å²) in [6.45, 7) is 4.81. The number of carbonyl (C=O) groups is 2. The van der Waals surface area contributed by atoms with E-state index in [0.29, 0.717) is 0 Å². The number of amides is 1. The molecule has 0 spiro atoms. The molecular weight excluding hydrogens is 472 g/mol. The van der Waals surface area contributed by atoms with Crippen LogP contribution in [0, 0.1) is 0 Å². The van der Waals surface area contributed by atoms with Crippen LogP contribution in [0.5, 0.6) is 0 Å². The molecule has 0 aliphatic carbocycles. The van der Waals surface area contributed by atoms with Crippen molar-refractivity contribution in [2.45, 2.75) is 39.1 Å². The van der Waals surface area contributed by atoms with Crippen LogP contribution in [0.15, 0.2) is 30.6 Å². The first-order valence-corrected chi connectivity index (χ1v) is 9.93. The minimum Gasteiger partial charge on any atom is -0.444 e.